The van der Waals surface area contributed by atoms with E-state index in [1.54, 1.807) is 26.5 Å². The Kier molecular flexibility index (Phi) is 9.36. The summed E-state index contributed by atoms with van der Waals surface area (Å²) in [5.41, 5.74) is 5.30. The lowest BCUT2D eigenvalue weighted by Crippen LogP contribution is -2.20. The number of methoxy groups -OCH3 is 2. The van der Waals surface area contributed by atoms with Gasteiger partial charge in [0.05, 0.1) is 26.2 Å². The maximum Gasteiger partial charge on any atom is 0.250 e. The van der Waals surface area contributed by atoms with Gasteiger partial charge < -0.3 is 18.8 Å². The van der Waals surface area contributed by atoms with Gasteiger partial charge in [-0.25, -0.2) is 5.43 Å². The highest BCUT2D eigenvalue weighted by Crippen LogP contribution is 2.28. The second-order valence-electron chi connectivity index (χ2n) is 8.05. The molecule has 1 N–H and O–H groups in total. The summed E-state index contributed by atoms with van der Waals surface area (Å²) in [6.07, 6.45) is 1.56. The van der Waals surface area contributed by atoms with Crippen LogP contribution in [-0.2, 0) is 17.9 Å². The van der Waals surface area contributed by atoms with Gasteiger partial charge in [0.2, 0.25) is 0 Å². The van der Waals surface area contributed by atoms with E-state index in [1.807, 2.05) is 78.2 Å². The van der Waals surface area contributed by atoms with Crippen molar-refractivity contribution in [1.29, 1.82) is 0 Å². The van der Waals surface area contributed by atoms with Crippen LogP contribution in [0, 0.1) is 0 Å². The summed E-state index contributed by atoms with van der Waals surface area (Å²) < 4.78 is 18.5. The first-order valence-corrected chi connectivity index (χ1v) is 13.0. The number of thioether (sulfide) groups is 1. The molecule has 10 heteroatoms. The third-order valence-corrected chi connectivity index (χ3v) is 6.51. The predicted octanol–water partition coefficient (Wildman–Crippen LogP) is 4.80. The molecular weight excluding hydrogens is 502 g/mol. The molecule has 1 heterocycles. The summed E-state index contributed by atoms with van der Waals surface area (Å²) >= 11 is 1.30. The van der Waals surface area contributed by atoms with E-state index in [2.05, 4.69) is 20.7 Å². The SMILES string of the molecule is CCn1c(SCC(=O)N/N=C\c2ccc(OC)c(OCc3ccccc3)c2)nnc1-c1ccc(OC)cc1. The molecule has 1 amide bonds. The number of benzene rings is 3. The van der Waals surface area contributed by atoms with E-state index >= 15 is 0 Å². The van der Waals surface area contributed by atoms with Gasteiger partial charge in [0.25, 0.3) is 5.91 Å². The maximum atomic E-state index is 12.4. The average molecular weight is 532 g/mol. The standard InChI is InChI=1S/C28H29N5O4S/c1-4-33-27(22-11-13-23(35-2)14-12-22)31-32-28(33)38-19-26(34)30-29-17-21-10-15-24(36-3)25(16-21)37-18-20-8-6-5-7-9-20/h5-17H,4,18-19H2,1-3H3,(H,30,34)/b29-17-. The molecule has 4 rings (SSSR count). The van der Waals surface area contributed by atoms with Crippen LogP contribution in [0.15, 0.2) is 83.1 Å². The second-order valence-corrected chi connectivity index (χ2v) is 8.99. The first kappa shape index (κ1) is 26.7. The average Bonchev–Trinajstić information content (AvgIpc) is 3.38. The van der Waals surface area contributed by atoms with Crippen molar-refractivity contribution in [2.24, 2.45) is 5.10 Å². The van der Waals surface area contributed by atoms with Crippen LogP contribution in [0.1, 0.15) is 18.1 Å². The van der Waals surface area contributed by atoms with Crippen molar-refractivity contribution >= 4 is 23.9 Å². The molecule has 0 unspecified atom stereocenters. The zero-order chi connectivity index (χ0) is 26.7. The van der Waals surface area contributed by atoms with Crippen molar-refractivity contribution < 1.29 is 19.0 Å². The van der Waals surface area contributed by atoms with Crippen LogP contribution in [-0.4, -0.2) is 46.9 Å². The van der Waals surface area contributed by atoms with E-state index < -0.39 is 0 Å². The molecule has 4 aromatic rings. The zero-order valence-corrected chi connectivity index (χ0v) is 22.3. The Morgan fingerprint density at radius 2 is 1.79 bits per heavy atom. The number of ether oxygens (including phenoxy) is 3. The van der Waals surface area contributed by atoms with E-state index in [0.717, 1.165) is 28.3 Å². The van der Waals surface area contributed by atoms with E-state index in [9.17, 15) is 4.79 Å². The molecule has 1 aromatic heterocycles. The Labute approximate surface area is 225 Å². The lowest BCUT2D eigenvalue weighted by Gasteiger charge is -2.11. The highest BCUT2D eigenvalue weighted by atomic mass is 32.2. The van der Waals surface area contributed by atoms with Crippen molar-refractivity contribution in [3.05, 3.63) is 83.9 Å². The van der Waals surface area contributed by atoms with Gasteiger partial charge in [-0.05, 0) is 60.5 Å². The van der Waals surface area contributed by atoms with Crippen LogP contribution in [0.4, 0.5) is 0 Å². The molecule has 38 heavy (non-hydrogen) atoms. The van der Waals surface area contributed by atoms with Crippen LogP contribution in [0.5, 0.6) is 17.2 Å². The third-order valence-electron chi connectivity index (χ3n) is 5.54. The molecule has 0 aliphatic heterocycles. The number of nitrogens with one attached hydrogen (secondary N) is 1. The quantitative estimate of drug-likeness (QED) is 0.159. The fraction of sp³-hybridized carbons (Fsp3) is 0.214. The topological polar surface area (TPSA) is 99.9 Å². The lowest BCUT2D eigenvalue weighted by atomic mass is 10.2. The van der Waals surface area contributed by atoms with Gasteiger partial charge >= 0.3 is 0 Å². The van der Waals surface area contributed by atoms with Crippen molar-refractivity contribution in [1.82, 2.24) is 20.2 Å². The number of carbonyl (C=O) groups is 1. The predicted molar refractivity (Wildman–Crippen MR) is 148 cm³/mol. The fourth-order valence-electron chi connectivity index (χ4n) is 3.60. The summed E-state index contributed by atoms with van der Waals surface area (Å²) in [6, 6.07) is 23.0. The van der Waals surface area contributed by atoms with Crippen molar-refractivity contribution in [2.75, 3.05) is 20.0 Å². The minimum absolute atomic E-state index is 0.145. The van der Waals surface area contributed by atoms with Crippen molar-refractivity contribution in [2.45, 2.75) is 25.2 Å². The van der Waals surface area contributed by atoms with Crippen LogP contribution >= 0.6 is 11.8 Å². The Morgan fingerprint density at radius 3 is 2.50 bits per heavy atom. The number of nitrogens with zero attached hydrogens (tertiary/aromatic N) is 4. The highest BCUT2D eigenvalue weighted by molar-refractivity contribution is 7.99. The van der Waals surface area contributed by atoms with Gasteiger partial charge in [-0.2, -0.15) is 5.10 Å². The number of amides is 1. The smallest absolute Gasteiger partial charge is 0.250 e. The minimum Gasteiger partial charge on any atom is -0.497 e. The fourth-order valence-corrected chi connectivity index (χ4v) is 4.39. The normalized spacial score (nSPS) is 10.9. The van der Waals surface area contributed by atoms with E-state index in [0.29, 0.717) is 29.8 Å². The number of hydrogen-bond acceptors (Lipinski definition) is 8. The second kappa shape index (κ2) is 13.3. The number of rotatable bonds is 12. The van der Waals surface area contributed by atoms with Crippen molar-refractivity contribution in [3.63, 3.8) is 0 Å². The molecule has 0 saturated carbocycles. The number of hydrazone groups is 1. The van der Waals surface area contributed by atoms with Crippen molar-refractivity contribution in [3.8, 4) is 28.6 Å². The Bertz CT molecular complexity index is 1370. The summed E-state index contributed by atoms with van der Waals surface area (Å²) in [5.74, 6) is 2.61. The summed E-state index contributed by atoms with van der Waals surface area (Å²) in [4.78, 5) is 12.4. The van der Waals surface area contributed by atoms with Gasteiger partial charge in [0.15, 0.2) is 22.5 Å². The molecule has 9 nitrogen and oxygen atoms in total. The Hall–Kier alpha value is -4.31. The number of aromatic nitrogens is 3. The Balaban J connectivity index is 1.33. The molecule has 0 atom stereocenters. The largest absolute Gasteiger partial charge is 0.497 e. The maximum absolute atomic E-state index is 12.4. The molecule has 0 saturated heterocycles. The third kappa shape index (κ3) is 6.92. The summed E-state index contributed by atoms with van der Waals surface area (Å²) in [7, 11) is 3.22. The van der Waals surface area contributed by atoms with E-state index in [1.165, 1.54) is 11.8 Å². The van der Waals surface area contributed by atoms with Crippen LogP contribution in [0.2, 0.25) is 0 Å². The van der Waals surface area contributed by atoms with Gasteiger partial charge in [-0.1, -0.05) is 42.1 Å². The molecule has 0 bridgehead atoms. The van der Waals surface area contributed by atoms with Gasteiger partial charge in [0, 0.05) is 12.1 Å². The summed E-state index contributed by atoms with van der Waals surface area (Å²) in [6.45, 7) is 3.09. The summed E-state index contributed by atoms with van der Waals surface area (Å²) in [5, 5.41) is 13.3. The molecule has 0 radical (unpaired) electrons. The minimum atomic E-state index is -0.253. The first-order chi connectivity index (χ1) is 18.6. The first-order valence-electron chi connectivity index (χ1n) is 12.0. The lowest BCUT2D eigenvalue weighted by molar-refractivity contribution is -0.118. The highest BCUT2D eigenvalue weighted by Gasteiger charge is 2.14. The van der Waals surface area contributed by atoms with Gasteiger partial charge in [-0.3, -0.25) is 4.79 Å². The molecule has 3 aromatic carbocycles. The Morgan fingerprint density at radius 1 is 1.00 bits per heavy atom. The van der Waals surface area contributed by atoms with Gasteiger partial charge in [-0.15, -0.1) is 10.2 Å². The van der Waals surface area contributed by atoms with Crippen LogP contribution < -0.4 is 19.6 Å². The number of hydrogen-bond donors (Lipinski definition) is 1. The molecule has 0 spiro atoms. The molecule has 196 valence electrons. The van der Waals surface area contributed by atoms with E-state index in [4.69, 9.17) is 14.2 Å². The molecule has 0 aliphatic rings. The van der Waals surface area contributed by atoms with E-state index in [-0.39, 0.29) is 11.7 Å². The van der Waals surface area contributed by atoms with Gasteiger partial charge in [0.1, 0.15) is 12.4 Å². The molecule has 0 fully saturated rings. The molecule has 0 aliphatic carbocycles. The number of carbonyl (C=O) groups excluding carboxylic acids is 1. The van der Waals surface area contributed by atoms with Crippen LogP contribution in [0.25, 0.3) is 11.4 Å². The van der Waals surface area contributed by atoms with Crippen LogP contribution in [0.3, 0.4) is 0 Å². The zero-order valence-electron chi connectivity index (χ0n) is 21.5. The molecular formula is C28H29N5O4S. The monoisotopic (exact) mass is 531 g/mol.